The number of H-pyrrole nitrogens is 2. The predicted octanol–water partition coefficient (Wildman–Crippen LogP) is 3.39. The quantitative estimate of drug-likeness (QED) is 0.466. The van der Waals surface area contributed by atoms with Gasteiger partial charge in [0.25, 0.3) is 5.56 Å². The summed E-state index contributed by atoms with van der Waals surface area (Å²) in [6.45, 7) is 1.79. The van der Waals surface area contributed by atoms with Gasteiger partial charge in [-0.05, 0) is 37.3 Å². The van der Waals surface area contributed by atoms with Crippen molar-refractivity contribution < 1.29 is 13.2 Å². The van der Waals surface area contributed by atoms with Crippen LogP contribution in [0.4, 0.5) is 5.69 Å². The van der Waals surface area contributed by atoms with Gasteiger partial charge in [-0.15, -0.1) is 0 Å². The van der Waals surface area contributed by atoms with E-state index in [2.05, 4.69) is 19.9 Å². The topological polar surface area (TPSA) is 117 Å². The largest absolute Gasteiger partial charge is 0.457 e. The van der Waals surface area contributed by atoms with Gasteiger partial charge in [0.1, 0.15) is 11.5 Å². The van der Waals surface area contributed by atoms with Gasteiger partial charge in [0, 0.05) is 22.3 Å². The van der Waals surface area contributed by atoms with Crippen molar-refractivity contribution in [3.05, 3.63) is 70.8 Å². The third kappa shape index (κ3) is 3.85. The summed E-state index contributed by atoms with van der Waals surface area (Å²) in [6.07, 6.45) is 2.64. The highest BCUT2D eigenvalue weighted by atomic mass is 32.2. The van der Waals surface area contributed by atoms with E-state index in [9.17, 15) is 13.2 Å². The Morgan fingerprint density at radius 1 is 1.10 bits per heavy atom. The average Bonchev–Trinajstić information content (AvgIpc) is 3.00. The van der Waals surface area contributed by atoms with Gasteiger partial charge in [0.05, 0.1) is 23.5 Å². The lowest BCUT2D eigenvalue weighted by Gasteiger charge is -2.13. The van der Waals surface area contributed by atoms with Crippen molar-refractivity contribution in [3.63, 3.8) is 0 Å². The Hall–Kier alpha value is -3.59. The SMILES string of the molecule is Cc1[nH]c(-c2cc(NS(C)(=O)=O)ccc2Oc2ccccc2)c2cn[nH]c(=O)c12. The molecule has 0 saturated heterocycles. The number of sulfonamides is 1. The number of nitrogens with one attached hydrogen (secondary N) is 3. The molecule has 0 aliphatic heterocycles. The predicted molar refractivity (Wildman–Crippen MR) is 112 cm³/mol. The first-order valence-electron chi connectivity index (χ1n) is 8.73. The molecular weight excluding hydrogens is 392 g/mol. The molecule has 0 unspecified atom stereocenters. The fourth-order valence-corrected chi connectivity index (χ4v) is 3.75. The van der Waals surface area contributed by atoms with Crippen molar-refractivity contribution in [2.45, 2.75) is 6.92 Å². The molecule has 9 heteroatoms. The Bertz CT molecular complexity index is 1360. The third-order valence-corrected chi connectivity index (χ3v) is 4.94. The molecule has 0 aliphatic rings. The molecule has 0 bridgehead atoms. The minimum absolute atomic E-state index is 0.307. The van der Waals surface area contributed by atoms with Gasteiger partial charge in [0.2, 0.25) is 10.0 Å². The van der Waals surface area contributed by atoms with Gasteiger partial charge in [-0.1, -0.05) is 18.2 Å². The molecular formula is C20H18N4O4S. The number of ether oxygens (including phenoxy) is 1. The van der Waals surface area contributed by atoms with E-state index in [4.69, 9.17) is 4.74 Å². The number of benzene rings is 2. The molecule has 2 aromatic heterocycles. The van der Waals surface area contributed by atoms with Gasteiger partial charge in [-0.3, -0.25) is 9.52 Å². The average molecular weight is 410 g/mol. The van der Waals surface area contributed by atoms with Crippen LogP contribution in [0.5, 0.6) is 11.5 Å². The summed E-state index contributed by atoms with van der Waals surface area (Å²) in [5.41, 5.74) is 1.94. The van der Waals surface area contributed by atoms with Crippen LogP contribution in [0.3, 0.4) is 0 Å². The second kappa shape index (κ2) is 7.10. The summed E-state index contributed by atoms with van der Waals surface area (Å²) in [4.78, 5) is 15.4. The van der Waals surface area contributed by atoms with Crippen LogP contribution in [0, 0.1) is 6.92 Å². The summed E-state index contributed by atoms with van der Waals surface area (Å²) in [5, 5.41) is 7.43. The minimum atomic E-state index is -3.46. The molecule has 0 radical (unpaired) electrons. The number of aromatic amines is 2. The smallest absolute Gasteiger partial charge is 0.273 e. The number of aryl methyl sites for hydroxylation is 1. The lowest BCUT2D eigenvalue weighted by atomic mass is 10.1. The maximum Gasteiger partial charge on any atom is 0.273 e. The van der Waals surface area contributed by atoms with Crippen LogP contribution in [-0.4, -0.2) is 29.9 Å². The molecule has 0 aliphatic carbocycles. The van der Waals surface area contributed by atoms with Crippen LogP contribution >= 0.6 is 0 Å². The maximum absolute atomic E-state index is 12.2. The molecule has 0 atom stereocenters. The van der Waals surface area contributed by atoms with E-state index < -0.39 is 10.0 Å². The number of anilines is 1. The Balaban J connectivity index is 1.93. The van der Waals surface area contributed by atoms with Crippen molar-refractivity contribution in [2.24, 2.45) is 0 Å². The van der Waals surface area contributed by atoms with Crippen LogP contribution in [-0.2, 0) is 10.0 Å². The highest BCUT2D eigenvalue weighted by Crippen LogP contribution is 2.38. The fraction of sp³-hybridized carbons (Fsp3) is 0.100. The monoisotopic (exact) mass is 410 g/mol. The Morgan fingerprint density at radius 2 is 1.86 bits per heavy atom. The normalized spacial score (nSPS) is 11.5. The molecule has 4 rings (SSSR count). The van der Waals surface area contributed by atoms with E-state index in [1.54, 1.807) is 31.3 Å². The summed E-state index contributed by atoms with van der Waals surface area (Å²) in [7, 11) is -3.46. The molecule has 0 fully saturated rings. The number of hydrogen-bond donors (Lipinski definition) is 3. The standard InChI is InChI=1S/C20H18N4O4S/c1-12-18-16(11-21-23-20(18)25)19(22-12)15-10-13(24-29(2,26)27)8-9-17(15)28-14-6-4-3-5-7-14/h3-11,22,24H,1-2H3,(H,23,25). The number of rotatable bonds is 5. The lowest BCUT2D eigenvalue weighted by Crippen LogP contribution is -2.09. The zero-order chi connectivity index (χ0) is 20.6. The Kier molecular flexibility index (Phi) is 4.59. The number of aromatic nitrogens is 3. The first kappa shape index (κ1) is 18.8. The van der Waals surface area contributed by atoms with Gasteiger partial charge in [-0.2, -0.15) is 5.10 Å². The van der Waals surface area contributed by atoms with Gasteiger partial charge < -0.3 is 9.72 Å². The van der Waals surface area contributed by atoms with E-state index in [0.29, 0.717) is 44.9 Å². The molecule has 148 valence electrons. The van der Waals surface area contributed by atoms with E-state index in [1.807, 2.05) is 30.3 Å². The summed E-state index contributed by atoms with van der Waals surface area (Å²) >= 11 is 0. The first-order chi connectivity index (χ1) is 13.8. The van der Waals surface area contributed by atoms with Crippen LogP contribution in [0.2, 0.25) is 0 Å². The zero-order valence-corrected chi connectivity index (χ0v) is 16.5. The molecule has 2 heterocycles. The van der Waals surface area contributed by atoms with Crippen molar-refractivity contribution in [2.75, 3.05) is 11.0 Å². The van der Waals surface area contributed by atoms with Gasteiger partial charge >= 0.3 is 0 Å². The maximum atomic E-state index is 12.2. The molecule has 8 nitrogen and oxygen atoms in total. The first-order valence-corrected chi connectivity index (χ1v) is 10.6. The molecule has 2 aromatic carbocycles. The van der Waals surface area contributed by atoms with Crippen LogP contribution in [0.15, 0.2) is 59.5 Å². The molecule has 0 saturated carbocycles. The van der Waals surface area contributed by atoms with Crippen LogP contribution < -0.4 is 15.0 Å². The van der Waals surface area contributed by atoms with E-state index in [0.717, 1.165) is 6.26 Å². The fourth-order valence-electron chi connectivity index (χ4n) is 3.20. The number of fused-ring (bicyclic) bond motifs is 1. The lowest BCUT2D eigenvalue weighted by molar-refractivity contribution is 0.484. The third-order valence-electron chi connectivity index (χ3n) is 4.34. The zero-order valence-electron chi connectivity index (χ0n) is 15.7. The van der Waals surface area contributed by atoms with E-state index in [1.165, 1.54) is 0 Å². The van der Waals surface area contributed by atoms with Crippen molar-refractivity contribution in [1.82, 2.24) is 15.2 Å². The van der Waals surface area contributed by atoms with Crippen LogP contribution in [0.25, 0.3) is 22.0 Å². The molecule has 0 amide bonds. The molecule has 0 spiro atoms. The van der Waals surface area contributed by atoms with Crippen molar-refractivity contribution >= 4 is 26.5 Å². The number of hydrogen-bond acceptors (Lipinski definition) is 5. The van der Waals surface area contributed by atoms with Crippen molar-refractivity contribution in [3.8, 4) is 22.8 Å². The second-order valence-electron chi connectivity index (χ2n) is 6.61. The molecule has 4 aromatic rings. The van der Waals surface area contributed by atoms with Crippen molar-refractivity contribution in [1.29, 1.82) is 0 Å². The Labute approximate surface area is 166 Å². The van der Waals surface area contributed by atoms with E-state index in [-0.39, 0.29) is 5.56 Å². The van der Waals surface area contributed by atoms with Gasteiger partial charge in [0.15, 0.2) is 0 Å². The summed E-state index contributed by atoms with van der Waals surface area (Å²) in [6, 6.07) is 14.2. The summed E-state index contributed by atoms with van der Waals surface area (Å²) in [5.74, 6) is 1.12. The molecule has 3 N–H and O–H groups in total. The second-order valence-corrected chi connectivity index (χ2v) is 8.36. The molecule has 29 heavy (non-hydrogen) atoms. The Morgan fingerprint density at radius 3 is 2.59 bits per heavy atom. The number of nitrogens with zero attached hydrogens (tertiary/aromatic N) is 1. The van der Waals surface area contributed by atoms with Crippen LogP contribution in [0.1, 0.15) is 5.69 Å². The van der Waals surface area contributed by atoms with E-state index >= 15 is 0 Å². The van der Waals surface area contributed by atoms with Gasteiger partial charge in [-0.25, -0.2) is 13.5 Å². The number of para-hydroxylation sites is 1. The highest BCUT2D eigenvalue weighted by molar-refractivity contribution is 7.92. The minimum Gasteiger partial charge on any atom is -0.457 e. The summed E-state index contributed by atoms with van der Waals surface area (Å²) < 4.78 is 31.9. The highest BCUT2D eigenvalue weighted by Gasteiger charge is 2.18.